The molecule has 0 aliphatic heterocycles. The smallest absolute Gasteiger partial charge is 0.232 e. The number of nitrogen functional groups attached to an aromatic ring is 1. The van der Waals surface area contributed by atoms with Crippen molar-refractivity contribution < 1.29 is 0 Å². The zero-order chi connectivity index (χ0) is 17.5. The first-order valence-electron chi connectivity index (χ1n) is 7.76. The molecule has 0 amide bonds. The fraction of sp³-hybridized carbons (Fsp3) is 0.167. The molecule has 5 nitrogen and oxygen atoms in total. The largest absolute Gasteiger partial charge is 0.368 e. The highest BCUT2D eigenvalue weighted by Gasteiger charge is 2.05. The minimum absolute atomic E-state index is 0.230. The van der Waals surface area contributed by atoms with Gasteiger partial charge in [0.15, 0.2) is 0 Å². The molecule has 25 heavy (non-hydrogen) atoms. The predicted octanol–water partition coefficient (Wildman–Crippen LogP) is 4.35. The molecule has 0 fully saturated rings. The second-order valence-corrected chi connectivity index (χ2v) is 7.13. The number of nitrogens with zero attached hydrogens (tertiary/aromatic N) is 3. The monoisotopic (exact) mass is 369 g/mol. The molecular formula is C18H19N5S2. The van der Waals surface area contributed by atoms with Crippen molar-refractivity contribution in [3.05, 3.63) is 66.0 Å². The maximum atomic E-state index is 5.81. The van der Waals surface area contributed by atoms with Crippen molar-refractivity contribution in [1.29, 1.82) is 0 Å². The fourth-order valence-corrected chi connectivity index (χ4v) is 3.44. The van der Waals surface area contributed by atoms with Gasteiger partial charge in [-0.25, -0.2) is 0 Å². The average Bonchev–Trinajstić information content (AvgIpc) is 2.63. The van der Waals surface area contributed by atoms with E-state index in [4.69, 9.17) is 5.73 Å². The summed E-state index contributed by atoms with van der Waals surface area (Å²) >= 11 is 3.50. The Balaban J connectivity index is 1.60. The maximum Gasteiger partial charge on any atom is 0.232 e. The van der Waals surface area contributed by atoms with E-state index in [0.29, 0.717) is 17.5 Å². The van der Waals surface area contributed by atoms with Crippen LogP contribution in [0.3, 0.4) is 0 Å². The molecule has 3 rings (SSSR count). The Labute approximate surface area is 155 Å². The van der Waals surface area contributed by atoms with Crippen LogP contribution in [0.4, 0.5) is 17.6 Å². The van der Waals surface area contributed by atoms with Gasteiger partial charge in [-0.15, -0.1) is 23.5 Å². The van der Waals surface area contributed by atoms with Crippen molar-refractivity contribution in [2.45, 2.75) is 16.4 Å². The molecule has 0 saturated heterocycles. The molecule has 0 radical (unpaired) electrons. The highest BCUT2D eigenvalue weighted by Crippen LogP contribution is 2.21. The zero-order valence-corrected chi connectivity index (χ0v) is 15.5. The summed E-state index contributed by atoms with van der Waals surface area (Å²) in [5.74, 6) is 2.96. The number of para-hydroxylation sites is 1. The van der Waals surface area contributed by atoms with Crippen molar-refractivity contribution >= 4 is 41.1 Å². The molecular weight excluding hydrogens is 350 g/mol. The van der Waals surface area contributed by atoms with Crippen molar-refractivity contribution in [1.82, 2.24) is 15.0 Å². The number of benzene rings is 2. The third-order valence-corrected chi connectivity index (χ3v) is 5.13. The number of thioether (sulfide) groups is 2. The summed E-state index contributed by atoms with van der Waals surface area (Å²) in [7, 11) is 0. The van der Waals surface area contributed by atoms with Crippen molar-refractivity contribution in [3.8, 4) is 0 Å². The van der Waals surface area contributed by atoms with Crippen LogP contribution in [-0.2, 0) is 11.5 Å². The van der Waals surface area contributed by atoms with Crippen molar-refractivity contribution in [2.24, 2.45) is 0 Å². The summed E-state index contributed by atoms with van der Waals surface area (Å²) in [6, 6.07) is 18.4. The van der Waals surface area contributed by atoms with E-state index in [0.717, 1.165) is 11.4 Å². The number of nitrogens with two attached hydrogens (primary N) is 1. The Kier molecular flexibility index (Phi) is 6.14. The lowest BCUT2D eigenvalue weighted by Crippen LogP contribution is -2.06. The minimum Gasteiger partial charge on any atom is -0.368 e. The first-order chi connectivity index (χ1) is 12.2. The number of nitrogens with one attached hydrogen (secondary N) is 1. The summed E-state index contributed by atoms with van der Waals surface area (Å²) in [4.78, 5) is 14.1. The topological polar surface area (TPSA) is 76.7 Å². The van der Waals surface area contributed by atoms with Gasteiger partial charge >= 0.3 is 0 Å². The lowest BCUT2D eigenvalue weighted by molar-refractivity contribution is 0.982. The van der Waals surface area contributed by atoms with Crippen LogP contribution in [0.2, 0.25) is 0 Å². The number of hydrogen-bond donors (Lipinski definition) is 2. The molecule has 0 saturated carbocycles. The molecule has 2 aromatic carbocycles. The second-order valence-electron chi connectivity index (χ2n) is 5.27. The van der Waals surface area contributed by atoms with Gasteiger partial charge in [-0.1, -0.05) is 30.3 Å². The summed E-state index contributed by atoms with van der Waals surface area (Å²) < 4.78 is 0. The van der Waals surface area contributed by atoms with Gasteiger partial charge in [-0.3, -0.25) is 0 Å². The third-order valence-electron chi connectivity index (χ3n) is 3.39. The lowest BCUT2D eigenvalue weighted by Gasteiger charge is -2.07. The number of hydrogen-bond acceptors (Lipinski definition) is 7. The third kappa shape index (κ3) is 5.37. The minimum atomic E-state index is 0.230. The molecule has 0 aliphatic carbocycles. The molecule has 7 heteroatoms. The molecule has 1 aromatic heterocycles. The van der Waals surface area contributed by atoms with Gasteiger partial charge in [0.1, 0.15) is 5.82 Å². The molecule has 3 aromatic rings. The van der Waals surface area contributed by atoms with Gasteiger partial charge in [0.05, 0.1) is 5.75 Å². The van der Waals surface area contributed by atoms with Crippen molar-refractivity contribution in [2.75, 3.05) is 17.3 Å². The van der Waals surface area contributed by atoms with Crippen LogP contribution in [0.15, 0.2) is 59.5 Å². The first kappa shape index (κ1) is 17.6. The number of aromatic nitrogens is 3. The second kappa shape index (κ2) is 8.73. The molecule has 128 valence electrons. The van der Waals surface area contributed by atoms with Gasteiger partial charge in [0, 0.05) is 16.3 Å². The van der Waals surface area contributed by atoms with Crippen LogP contribution in [0.25, 0.3) is 0 Å². The lowest BCUT2D eigenvalue weighted by atomic mass is 10.2. The standard InChI is InChI=1S/C18H19N5S2/c1-24-15-9-7-13(8-10-15)11-25-12-16-21-17(19)23-18(22-16)20-14-5-3-2-4-6-14/h2-10H,11-12H2,1H3,(H3,19,20,21,22,23). The van der Waals surface area contributed by atoms with Crippen LogP contribution in [0.5, 0.6) is 0 Å². The normalized spacial score (nSPS) is 10.6. The SMILES string of the molecule is CSc1ccc(CSCc2nc(N)nc(Nc3ccccc3)n2)cc1. The summed E-state index contributed by atoms with van der Waals surface area (Å²) in [6.45, 7) is 0. The van der Waals surface area contributed by atoms with E-state index >= 15 is 0 Å². The molecule has 0 unspecified atom stereocenters. The fourth-order valence-electron chi connectivity index (χ4n) is 2.19. The van der Waals surface area contributed by atoms with E-state index in [-0.39, 0.29) is 5.95 Å². The highest BCUT2D eigenvalue weighted by molar-refractivity contribution is 7.98. The van der Waals surface area contributed by atoms with E-state index in [1.54, 1.807) is 23.5 Å². The average molecular weight is 370 g/mol. The van der Waals surface area contributed by atoms with E-state index in [9.17, 15) is 0 Å². The first-order valence-corrected chi connectivity index (χ1v) is 10.1. The van der Waals surface area contributed by atoms with E-state index in [1.807, 2.05) is 30.3 Å². The van der Waals surface area contributed by atoms with E-state index in [2.05, 4.69) is 50.8 Å². The Morgan fingerprint density at radius 1 is 0.920 bits per heavy atom. The molecule has 1 heterocycles. The Morgan fingerprint density at radius 3 is 2.40 bits per heavy atom. The van der Waals surface area contributed by atoms with Gasteiger partial charge in [0.2, 0.25) is 11.9 Å². The number of anilines is 3. The van der Waals surface area contributed by atoms with E-state index < -0.39 is 0 Å². The molecule has 0 bridgehead atoms. The van der Waals surface area contributed by atoms with Crippen LogP contribution >= 0.6 is 23.5 Å². The van der Waals surface area contributed by atoms with E-state index in [1.165, 1.54) is 10.5 Å². The van der Waals surface area contributed by atoms with Crippen LogP contribution in [0.1, 0.15) is 11.4 Å². The zero-order valence-electron chi connectivity index (χ0n) is 13.8. The molecule has 0 aliphatic rings. The Bertz CT molecular complexity index is 809. The van der Waals surface area contributed by atoms with Crippen LogP contribution in [0, 0.1) is 0 Å². The molecule has 0 atom stereocenters. The highest BCUT2D eigenvalue weighted by atomic mass is 32.2. The van der Waals surface area contributed by atoms with Crippen LogP contribution < -0.4 is 11.1 Å². The summed E-state index contributed by atoms with van der Waals surface area (Å²) in [5.41, 5.74) is 8.02. The van der Waals surface area contributed by atoms with Crippen molar-refractivity contribution in [3.63, 3.8) is 0 Å². The summed E-state index contributed by atoms with van der Waals surface area (Å²) in [5, 5.41) is 3.15. The quantitative estimate of drug-likeness (QED) is 0.599. The molecule has 3 N–H and O–H groups in total. The number of rotatable bonds is 7. The van der Waals surface area contributed by atoms with Crippen LogP contribution in [-0.4, -0.2) is 21.2 Å². The van der Waals surface area contributed by atoms with Gasteiger partial charge < -0.3 is 11.1 Å². The van der Waals surface area contributed by atoms with Gasteiger partial charge in [-0.2, -0.15) is 15.0 Å². The Morgan fingerprint density at radius 2 is 1.68 bits per heavy atom. The summed E-state index contributed by atoms with van der Waals surface area (Å²) in [6.07, 6.45) is 2.08. The maximum absolute atomic E-state index is 5.81. The van der Waals surface area contributed by atoms with Gasteiger partial charge in [-0.05, 0) is 36.1 Å². The van der Waals surface area contributed by atoms with Gasteiger partial charge in [0.25, 0.3) is 0 Å². The molecule has 0 spiro atoms. The predicted molar refractivity (Wildman–Crippen MR) is 107 cm³/mol. The Hall–Kier alpha value is -2.25.